The van der Waals surface area contributed by atoms with E-state index in [1.54, 1.807) is 11.1 Å². The van der Waals surface area contributed by atoms with E-state index in [9.17, 15) is 10.2 Å². The summed E-state index contributed by atoms with van der Waals surface area (Å²) < 4.78 is 0. The highest BCUT2D eigenvalue weighted by atomic mass is 16.3. The van der Waals surface area contributed by atoms with Gasteiger partial charge in [-0.05, 0) is 81.0 Å². The van der Waals surface area contributed by atoms with Crippen molar-refractivity contribution >= 4 is 0 Å². The highest BCUT2D eigenvalue weighted by molar-refractivity contribution is 5.27. The molecule has 4 aliphatic carbocycles. The highest BCUT2D eigenvalue weighted by Crippen LogP contribution is 2.61. The van der Waals surface area contributed by atoms with E-state index in [0.717, 1.165) is 43.4 Å². The van der Waals surface area contributed by atoms with Gasteiger partial charge in [-0.1, -0.05) is 18.1 Å². The maximum atomic E-state index is 10.4. The Morgan fingerprint density at radius 1 is 1.00 bits per heavy atom. The van der Waals surface area contributed by atoms with E-state index >= 15 is 0 Å². The molecule has 0 radical (unpaired) electrons. The van der Waals surface area contributed by atoms with Crippen molar-refractivity contribution in [3.05, 3.63) is 11.1 Å². The molecule has 0 heterocycles. The van der Waals surface area contributed by atoms with Gasteiger partial charge in [-0.2, -0.15) is 0 Å². The lowest BCUT2D eigenvalue weighted by molar-refractivity contribution is -0.0326. The summed E-state index contributed by atoms with van der Waals surface area (Å²) in [5.41, 5.74) is 3.54. The van der Waals surface area contributed by atoms with Crippen molar-refractivity contribution in [2.45, 2.75) is 76.9 Å². The fraction of sp³-hybridized carbons (Fsp3) is 0.889. The number of hydrogen-bond acceptors (Lipinski definition) is 2. The fourth-order valence-corrected chi connectivity index (χ4v) is 6.16. The Labute approximate surface area is 122 Å². The minimum absolute atomic E-state index is 0.0583. The number of aliphatic hydroxyl groups is 2. The first-order chi connectivity index (χ1) is 9.59. The number of aliphatic hydroxyl groups excluding tert-OH is 2. The molecule has 0 unspecified atom stereocenters. The van der Waals surface area contributed by atoms with Crippen LogP contribution in [0, 0.1) is 23.2 Å². The number of allylic oxidation sites excluding steroid dienone is 1. The monoisotopic (exact) mass is 276 g/mol. The molecule has 0 amide bonds. The summed E-state index contributed by atoms with van der Waals surface area (Å²) in [7, 11) is 0. The van der Waals surface area contributed by atoms with E-state index in [1.807, 2.05) is 0 Å². The van der Waals surface area contributed by atoms with Crippen LogP contribution in [0.15, 0.2) is 11.1 Å². The molecule has 2 saturated carbocycles. The molecule has 2 nitrogen and oxygen atoms in total. The van der Waals surface area contributed by atoms with Crippen LogP contribution in [-0.2, 0) is 0 Å². The molecular weight excluding hydrogens is 248 g/mol. The Hall–Kier alpha value is -0.340. The minimum Gasteiger partial charge on any atom is -0.393 e. The summed E-state index contributed by atoms with van der Waals surface area (Å²) in [6.07, 6.45) is 10.2. The van der Waals surface area contributed by atoms with Crippen LogP contribution < -0.4 is 0 Å². The maximum absolute atomic E-state index is 10.4. The highest BCUT2D eigenvalue weighted by Gasteiger charge is 2.54. The lowest BCUT2D eigenvalue weighted by atomic mass is 9.54. The molecule has 0 aromatic rings. The predicted octanol–water partition coefficient (Wildman–Crippen LogP) is 3.43. The molecule has 0 saturated heterocycles. The van der Waals surface area contributed by atoms with Gasteiger partial charge in [0, 0.05) is 0 Å². The van der Waals surface area contributed by atoms with Crippen molar-refractivity contribution in [2.75, 3.05) is 0 Å². The molecule has 0 aliphatic heterocycles. The van der Waals surface area contributed by atoms with Crippen LogP contribution in [0.5, 0.6) is 0 Å². The third-order valence-corrected chi connectivity index (χ3v) is 7.30. The topological polar surface area (TPSA) is 40.5 Å². The van der Waals surface area contributed by atoms with Crippen molar-refractivity contribution in [1.82, 2.24) is 0 Å². The molecule has 2 heteroatoms. The first kappa shape index (κ1) is 13.3. The van der Waals surface area contributed by atoms with Crippen molar-refractivity contribution in [3.63, 3.8) is 0 Å². The maximum Gasteiger partial charge on any atom is 0.0596 e. The van der Waals surface area contributed by atoms with Gasteiger partial charge in [0.05, 0.1) is 12.2 Å². The van der Waals surface area contributed by atoms with Gasteiger partial charge in [0.2, 0.25) is 0 Å². The van der Waals surface area contributed by atoms with Crippen molar-refractivity contribution in [1.29, 1.82) is 0 Å². The standard InChI is InChI=1S/C18H28O2/c1-18-9-8-14-13-5-3-12(19)10-11(13)2-4-15(14)16(18)6-7-17(18)20/h12,14-17,19-20H,2-10H2,1H3/t12-,14-,15-,16+,17-,18+/m1/s1. The summed E-state index contributed by atoms with van der Waals surface area (Å²) in [5.74, 6) is 2.35. The van der Waals surface area contributed by atoms with Crippen LogP contribution >= 0.6 is 0 Å². The second kappa shape index (κ2) is 4.58. The third-order valence-electron chi connectivity index (χ3n) is 7.30. The van der Waals surface area contributed by atoms with E-state index < -0.39 is 0 Å². The predicted molar refractivity (Wildman–Crippen MR) is 79.2 cm³/mol. The Morgan fingerprint density at radius 3 is 2.70 bits per heavy atom. The summed E-state index contributed by atoms with van der Waals surface area (Å²) >= 11 is 0. The van der Waals surface area contributed by atoms with Crippen LogP contribution in [0.4, 0.5) is 0 Å². The Bertz CT molecular complexity index is 441. The summed E-state index contributed by atoms with van der Waals surface area (Å²) in [4.78, 5) is 0. The van der Waals surface area contributed by atoms with Gasteiger partial charge in [0.15, 0.2) is 0 Å². The lowest BCUT2D eigenvalue weighted by Gasteiger charge is -2.51. The molecule has 4 aliphatic rings. The normalized spacial score (nSPS) is 51.5. The largest absolute Gasteiger partial charge is 0.393 e. The molecule has 20 heavy (non-hydrogen) atoms. The van der Waals surface area contributed by atoms with E-state index in [1.165, 1.54) is 32.1 Å². The van der Waals surface area contributed by atoms with Crippen molar-refractivity contribution < 1.29 is 10.2 Å². The van der Waals surface area contributed by atoms with Gasteiger partial charge < -0.3 is 10.2 Å². The van der Waals surface area contributed by atoms with Gasteiger partial charge in [0.25, 0.3) is 0 Å². The zero-order chi connectivity index (χ0) is 13.9. The van der Waals surface area contributed by atoms with Crippen molar-refractivity contribution in [2.24, 2.45) is 23.2 Å². The summed E-state index contributed by atoms with van der Waals surface area (Å²) in [5, 5.41) is 20.3. The minimum atomic E-state index is -0.0764. The smallest absolute Gasteiger partial charge is 0.0596 e. The van der Waals surface area contributed by atoms with Crippen LogP contribution in [0.1, 0.15) is 64.7 Å². The summed E-state index contributed by atoms with van der Waals surface area (Å²) in [6.45, 7) is 2.35. The molecule has 2 fully saturated rings. The fourth-order valence-electron chi connectivity index (χ4n) is 6.16. The Kier molecular flexibility index (Phi) is 3.05. The lowest BCUT2D eigenvalue weighted by Crippen LogP contribution is -2.45. The zero-order valence-corrected chi connectivity index (χ0v) is 12.6. The number of fused-ring (bicyclic) bond motifs is 4. The molecule has 6 atom stereocenters. The molecule has 0 aromatic carbocycles. The van der Waals surface area contributed by atoms with Gasteiger partial charge in [-0.15, -0.1) is 0 Å². The number of rotatable bonds is 0. The molecule has 0 spiro atoms. The average molecular weight is 276 g/mol. The van der Waals surface area contributed by atoms with Gasteiger partial charge in [-0.25, -0.2) is 0 Å². The first-order valence-electron chi connectivity index (χ1n) is 8.66. The Morgan fingerprint density at radius 2 is 1.85 bits per heavy atom. The molecule has 112 valence electrons. The second-order valence-electron chi connectivity index (χ2n) is 8.08. The van der Waals surface area contributed by atoms with Crippen LogP contribution in [0.2, 0.25) is 0 Å². The molecule has 0 aromatic heterocycles. The van der Waals surface area contributed by atoms with E-state index in [0.29, 0.717) is 0 Å². The second-order valence-corrected chi connectivity index (χ2v) is 8.08. The van der Waals surface area contributed by atoms with Gasteiger partial charge in [0.1, 0.15) is 0 Å². The van der Waals surface area contributed by atoms with Crippen molar-refractivity contribution in [3.8, 4) is 0 Å². The Balaban J connectivity index is 1.64. The molecule has 4 rings (SSSR count). The molecule has 0 bridgehead atoms. The third kappa shape index (κ3) is 1.77. The van der Waals surface area contributed by atoms with Crippen LogP contribution in [-0.4, -0.2) is 22.4 Å². The average Bonchev–Trinajstić information content (AvgIpc) is 2.74. The first-order valence-corrected chi connectivity index (χ1v) is 8.66. The van der Waals surface area contributed by atoms with Crippen LogP contribution in [0.3, 0.4) is 0 Å². The van der Waals surface area contributed by atoms with Gasteiger partial charge >= 0.3 is 0 Å². The molecular formula is C18H28O2. The SMILES string of the molecule is C[C@]12CC[C@@H]3C4=C(CC[C@H]3[C@@H]1CC[C@H]2O)C[C@H](O)CC4. The van der Waals surface area contributed by atoms with Gasteiger partial charge in [-0.3, -0.25) is 0 Å². The van der Waals surface area contributed by atoms with E-state index in [4.69, 9.17) is 0 Å². The summed E-state index contributed by atoms with van der Waals surface area (Å²) in [6, 6.07) is 0. The quantitative estimate of drug-likeness (QED) is 0.666. The number of hydrogen-bond donors (Lipinski definition) is 2. The van der Waals surface area contributed by atoms with E-state index in [2.05, 4.69) is 6.92 Å². The molecule has 2 N–H and O–H groups in total. The van der Waals surface area contributed by atoms with Crippen LogP contribution in [0.25, 0.3) is 0 Å². The van der Waals surface area contributed by atoms with E-state index in [-0.39, 0.29) is 17.6 Å². The zero-order valence-electron chi connectivity index (χ0n) is 12.6.